The van der Waals surface area contributed by atoms with Crippen molar-refractivity contribution in [3.8, 4) is 56.0 Å². The minimum atomic E-state index is -3.12. The Morgan fingerprint density at radius 3 is 1.58 bits per heavy atom. The van der Waals surface area contributed by atoms with Crippen LogP contribution in [0.1, 0.15) is 0 Å². The third-order valence-corrected chi connectivity index (χ3v) is 11.5. The van der Waals surface area contributed by atoms with Crippen LogP contribution < -0.4 is 20.7 Å². The Morgan fingerprint density at radius 1 is 0.400 bits per heavy atom. The molecule has 1 atom stereocenters. The van der Waals surface area contributed by atoms with E-state index in [0.717, 1.165) is 60.4 Å². The van der Waals surface area contributed by atoms with E-state index in [-0.39, 0.29) is 0 Å². The van der Waals surface area contributed by atoms with E-state index in [1.165, 1.54) is 0 Å². The number of hydrogen-bond donors (Lipinski definition) is 0. The van der Waals surface area contributed by atoms with E-state index in [0.29, 0.717) is 11.5 Å². The van der Waals surface area contributed by atoms with E-state index in [1.54, 1.807) is 0 Å². The van der Waals surface area contributed by atoms with Gasteiger partial charge in [0.1, 0.15) is 11.5 Å². The van der Waals surface area contributed by atoms with Crippen LogP contribution in [0.4, 0.5) is 0 Å². The summed E-state index contributed by atoms with van der Waals surface area (Å²) in [6.45, 7) is 0. The number of aromatic nitrogens is 2. The van der Waals surface area contributed by atoms with Gasteiger partial charge in [0.15, 0.2) is 7.14 Å². The highest BCUT2D eigenvalue weighted by Gasteiger charge is 2.38. The molecule has 214 valence electrons. The molecule has 1 aliphatic rings. The maximum Gasteiger partial charge on any atom is 0.178 e. The highest BCUT2D eigenvalue weighted by molar-refractivity contribution is 7.85. The minimum absolute atomic E-state index is 0.628. The monoisotopic (exact) mass is 598 g/mol. The van der Waals surface area contributed by atoms with E-state index in [9.17, 15) is 4.57 Å². The topological polar surface area (TPSA) is 52.1 Å². The summed E-state index contributed by atoms with van der Waals surface area (Å²) in [4.78, 5) is 8.42. The average molecular weight is 599 g/mol. The summed E-state index contributed by atoms with van der Waals surface area (Å²) in [6, 6.07) is 46.8. The maximum absolute atomic E-state index is 15.0. The Hall–Kier alpha value is -5.57. The van der Waals surface area contributed by atoms with Crippen LogP contribution in [-0.4, -0.2) is 9.97 Å². The summed E-state index contributed by atoms with van der Waals surface area (Å²) in [5.74, 6) is 1.27. The van der Waals surface area contributed by atoms with Crippen LogP contribution in [0.25, 0.3) is 44.5 Å². The van der Waals surface area contributed by atoms with Crippen molar-refractivity contribution in [3.63, 3.8) is 0 Å². The lowest BCUT2D eigenvalue weighted by molar-refractivity contribution is 0.485. The number of pyridine rings is 2. The quantitative estimate of drug-likeness (QED) is 0.186. The first-order valence-electron chi connectivity index (χ1n) is 14.8. The highest BCUT2D eigenvalue weighted by Crippen LogP contribution is 2.52. The number of rotatable bonds is 5. The molecule has 0 radical (unpaired) electrons. The van der Waals surface area contributed by atoms with Gasteiger partial charge in [-0.15, -0.1) is 0 Å². The van der Waals surface area contributed by atoms with Crippen LogP contribution in [0.3, 0.4) is 0 Å². The number of ether oxygens (including phenoxy) is 1. The van der Waals surface area contributed by atoms with Crippen molar-refractivity contribution in [2.45, 2.75) is 0 Å². The Kier molecular flexibility index (Phi) is 6.70. The second-order valence-electron chi connectivity index (χ2n) is 11.0. The maximum atomic E-state index is 15.0. The van der Waals surface area contributed by atoms with Gasteiger partial charge in [-0.1, -0.05) is 66.7 Å². The van der Waals surface area contributed by atoms with Gasteiger partial charge in [-0.2, -0.15) is 0 Å². The molecular weight excluding hydrogens is 571 g/mol. The molecule has 0 fully saturated rings. The van der Waals surface area contributed by atoms with Gasteiger partial charge in [-0.05, 0) is 117 Å². The predicted molar refractivity (Wildman–Crippen MR) is 183 cm³/mol. The number of hydrogen-bond acceptors (Lipinski definition) is 4. The van der Waals surface area contributed by atoms with E-state index in [2.05, 4.69) is 58.5 Å². The molecule has 1 aliphatic heterocycles. The molecule has 5 heteroatoms. The molecule has 0 amide bonds. The molecule has 0 saturated heterocycles. The molecule has 5 aromatic carbocycles. The van der Waals surface area contributed by atoms with Crippen LogP contribution in [-0.2, 0) is 4.57 Å². The highest BCUT2D eigenvalue weighted by atomic mass is 31.2. The first-order chi connectivity index (χ1) is 22.2. The lowest BCUT2D eigenvalue weighted by atomic mass is 9.92. The summed E-state index contributed by atoms with van der Waals surface area (Å²) in [5.41, 5.74) is 8.68. The molecule has 0 bridgehead atoms. The number of para-hydroxylation sites is 1. The molecule has 4 nitrogen and oxygen atoms in total. The van der Waals surface area contributed by atoms with Gasteiger partial charge in [0.05, 0.1) is 10.6 Å². The second-order valence-corrected chi connectivity index (χ2v) is 13.7. The SMILES string of the molecule is O=P1(c2ccccc2)c2ccccc2Oc2cc(-c3cccc(-c4cc(-c5ccncc5)cc(-c5ccncc5)c4)c3)ccc21. The van der Waals surface area contributed by atoms with Gasteiger partial charge in [0, 0.05) is 30.1 Å². The van der Waals surface area contributed by atoms with Gasteiger partial charge in [-0.3, -0.25) is 9.97 Å². The van der Waals surface area contributed by atoms with Crippen molar-refractivity contribution in [1.29, 1.82) is 0 Å². The molecule has 8 rings (SSSR count). The van der Waals surface area contributed by atoms with Crippen LogP contribution in [0.15, 0.2) is 164 Å². The number of benzene rings is 5. The Balaban J connectivity index is 1.23. The Bertz CT molecular complexity index is 2160. The smallest absolute Gasteiger partial charge is 0.178 e. The molecule has 2 aromatic heterocycles. The molecule has 0 N–H and O–H groups in total. The Labute approximate surface area is 262 Å². The summed E-state index contributed by atoms with van der Waals surface area (Å²) in [5, 5.41) is 2.26. The fourth-order valence-electron chi connectivity index (χ4n) is 6.10. The average Bonchev–Trinajstić information content (AvgIpc) is 3.12. The second kappa shape index (κ2) is 11.2. The van der Waals surface area contributed by atoms with Gasteiger partial charge >= 0.3 is 0 Å². The normalized spacial score (nSPS) is 15.0. The van der Waals surface area contributed by atoms with E-state index in [4.69, 9.17) is 4.74 Å². The van der Waals surface area contributed by atoms with Crippen molar-refractivity contribution >= 4 is 23.1 Å². The van der Waals surface area contributed by atoms with Crippen molar-refractivity contribution < 1.29 is 9.30 Å². The third-order valence-electron chi connectivity index (χ3n) is 8.33. The standard InChI is InChI=1S/C40H27N2O2P/c43-45(36-9-2-1-3-10-36)39-12-5-4-11-37(39)44-38-27-32(13-14-40(38)45)30-7-6-8-31(23-30)35-25-33(28-15-19-41-20-16-28)24-34(26-35)29-17-21-42-22-18-29/h1-27H. The zero-order valence-electron chi connectivity index (χ0n) is 24.2. The number of nitrogens with zero attached hydrogens (tertiary/aromatic N) is 2. The first-order valence-corrected chi connectivity index (χ1v) is 16.5. The van der Waals surface area contributed by atoms with Crippen molar-refractivity contribution in [2.24, 2.45) is 0 Å². The van der Waals surface area contributed by atoms with Gasteiger partial charge in [0.25, 0.3) is 0 Å². The van der Waals surface area contributed by atoms with Gasteiger partial charge < -0.3 is 9.30 Å². The van der Waals surface area contributed by atoms with Crippen LogP contribution >= 0.6 is 7.14 Å². The molecule has 45 heavy (non-hydrogen) atoms. The minimum Gasteiger partial charge on any atom is -0.456 e. The third kappa shape index (κ3) is 4.86. The molecular formula is C40H27N2O2P. The zero-order valence-corrected chi connectivity index (χ0v) is 25.1. The van der Waals surface area contributed by atoms with Crippen molar-refractivity contribution in [3.05, 3.63) is 164 Å². The summed E-state index contributed by atoms with van der Waals surface area (Å²) in [7, 11) is -3.12. The lowest BCUT2D eigenvalue weighted by Gasteiger charge is -2.29. The van der Waals surface area contributed by atoms with Crippen LogP contribution in [0.2, 0.25) is 0 Å². The molecule has 1 unspecified atom stereocenters. The summed E-state index contributed by atoms with van der Waals surface area (Å²) in [6.07, 6.45) is 7.29. The van der Waals surface area contributed by atoms with Gasteiger partial charge in [0.2, 0.25) is 0 Å². The van der Waals surface area contributed by atoms with E-state index >= 15 is 0 Å². The van der Waals surface area contributed by atoms with Crippen molar-refractivity contribution in [2.75, 3.05) is 0 Å². The van der Waals surface area contributed by atoms with Crippen LogP contribution in [0.5, 0.6) is 11.5 Å². The Morgan fingerprint density at radius 2 is 0.911 bits per heavy atom. The van der Waals surface area contributed by atoms with Crippen LogP contribution in [0, 0.1) is 0 Å². The zero-order chi connectivity index (χ0) is 30.2. The van der Waals surface area contributed by atoms with Crippen molar-refractivity contribution in [1.82, 2.24) is 9.97 Å². The molecule has 0 aliphatic carbocycles. The van der Waals surface area contributed by atoms with E-state index < -0.39 is 7.14 Å². The molecule has 3 heterocycles. The fraction of sp³-hybridized carbons (Fsp3) is 0. The molecule has 0 saturated carbocycles. The number of fused-ring (bicyclic) bond motifs is 2. The largest absolute Gasteiger partial charge is 0.456 e. The molecule has 0 spiro atoms. The fourth-order valence-corrected chi connectivity index (χ4v) is 8.94. The lowest BCUT2D eigenvalue weighted by Crippen LogP contribution is -2.30. The first kappa shape index (κ1) is 27.0. The van der Waals surface area contributed by atoms with E-state index in [1.807, 2.05) is 116 Å². The molecule has 7 aromatic rings. The predicted octanol–water partition coefficient (Wildman–Crippen LogP) is 8.89. The summed E-state index contributed by atoms with van der Waals surface area (Å²) < 4.78 is 21.4. The van der Waals surface area contributed by atoms with Gasteiger partial charge in [-0.25, -0.2) is 0 Å². The summed E-state index contributed by atoms with van der Waals surface area (Å²) >= 11 is 0.